The molecule has 2 N–H and O–H groups in total. The number of carbonyl (C=O) groups excluding carboxylic acids is 3. The lowest BCUT2D eigenvalue weighted by Gasteiger charge is -2.31. The summed E-state index contributed by atoms with van der Waals surface area (Å²) in [6.07, 6.45) is 2.92. The summed E-state index contributed by atoms with van der Waals surface area (Å²) in [6, 6.07) is 8.15. The molecule has 1 saturated heterocycles. The Morgan fingerprint density at radius 3 is 2.77 bits per heavy atom. The average molecular weight is 537 g/mol. The first-order chi connectivity index (χ1) is 18.5. The maximum Gasteiger partial charge on any atom is 0.246 e. The number of anilines is 1. The van der Waals surface area contributed by atoms with Crippen LogP contribution in [0.25, 0.3) is 10.9 Å². The summed E-state index contributed by atoms with van der Waals surface area (Å²) in [5, 5.41) is 12.9. The fourth-order valence-electron chi connectivity index (χ4n) is 5.31. The molecule has 1 spiro atoms. The van der Waals surface area contributed by atoms with E-state index in [1.807, 2.05) is 19.9 Å². The zero-order chi connectivity index (χ0) is 28.5. The Labute approximate surface area is 224 Å². The van der Waals surface area contributed by atoms with E-state index in [-0.39, 0.29) is 30.7 Å². The van der Waals surface area contributed by atoms with E-state index in [1.165, 1.54) is 15.9 Å². The van der Waals surface area contributed by atoms with Crippen molar-refractivity contribution in [3.05, 3.63) is 59.4 Å². The Morgan fingerprint density at radius 1 is 1.36 bits per heavy atom. The summed E-state index contributed by atoms with van der Waals surface area (Å²) in [7, 11) is 1.56. The minimum atomic E-state index is -0.970. The number of likely N-dealkylation sites (tertiary alicyclic amines) is 1. The van der Waals surface area contributed by atoms with E-state index in [0.29, 0.717) is 29.6 Å². The van der Waals surface area contributed by atoms with Crippen molar-refractivity contribution in [2.75, 3.05) is 18.9 Å². The third-order valence-corrected chi connectivity index (χ3v) is 7.20. The van der Waals surface area contributed by atoms with Gasteiger partial charge >= 0.3 is 0 Å². The number of rotatable bonds is 5. The molecule has 5 rings (SSSR count). The van der Waals surface area contributed by atoms with Crippen LogP contribution in [0.15, 0.2) is 36.5 Å². The van der Waals surface area contributed by atoms with E-state index in [0.717, 1.165) is 17.3 Å². The van der Waals surface area contributed by atoms with Gasteiger partial charge in [-0.25, -0.2) is 13.8 Å². The number of aromatic nitrogens is 2. The van der Waals surface area contributed by atoms with Gasteiger partial charge in [0.25, 0.3) is 0 Å². The van der Waals surface area contributed by atoms with E-state index in [1.54, 1.807) is 32.3 Å². The molecule has 1 fully saturated rings. The van der Waals surface area contributed by atoms with Crippen molar-refractivity contribution >= 4 is 34.9 Å². The molecule has 3 aromatic rings. The molecule has 2 aliphatic rings. The van der Waals surface area contributed by atoms with Gasteiger partial charge in [-0.3, -0.25) is 14.4 Å². The zero-order valence-electron chi connectivity index (χ0n) is 22.2. The number of benzene rings is 1. The van der Waals surface area contributed by atoms with E-state index >= 15 is 0 Å². The minimum absolute atomic E-state index is 0.107. The highest BCUT2D eigenvalue weighted by Gasteiger charge is 2.57. The smallest absolute Gasteiger partial charge is 0.246 e. The normalized spacial score (nSPS) is 20.3. The summed E-state index contributed by atoms with van der Waals surface area (Å²) in [5.41, 5.74) is 1.08. The van der Waals surface area contributed by atoms with Crippen LogP contribution in [0, 0.1) is 35.8 Å². The molecule has 3 atom stereocenters. The quantitative estimate of drug-likeness (QED) is 0.482. The molecule has 4 heterocycles. The van der Waals surface area contributed by atoms with Crippen LogP contribution in [-0.2, 0) is 19.8 Å². The average Bonchev–Trinajstić information content (AvgIpc) is 3.55. The molecule has 0 bridgehead atoms. The second-order valence-electron chi connectivity index (χ2n) is 10.5. The number of nitrogens with zero attached hydrogens (tertiary/aromatic N) is 4. The lowest BCUT2D eigenvalue weighted by atomic mass is 9.80. The largest absolute Gasteiger partial charge is 0.358 e. The van der Waals surface area contributed by atoms with Crippen LogP contribution in [0.5, 0.6) is 0 Å². The first-order valence-electron chi connectivity index (χ1n) is 12.6. The lowest BCUT2D eigenvalue weighted by Crippen LogP contribution is -2.50. The highest BCUT2D eigenvalue weighted by Crippen LogP contribution is 2.45. The Kier molecular flexibility index (Phi) is 7.67. The number of amides is 3. The van der Waals surface area contributed by atoms with Crippen molar-refractivity contribution in [3.8, 4) is 6.07 Å². The molecule has 0 saturated carbocycles. The summed E-state index contributed by atoms with van der Waals surface area (Å²) in [5.74, 6) is -0.936. The highest BCUT2D eigenvalue weighted by molar-refractivity contribution is 6.06. The highest BCUT2D eigenvalue weighted by atomic mass is 19.1. The molecular weight excluding hydrogens is 506 g/mol. The van der Waals surface area contributed by atoms with Crippen LogP contribution in [0.4, 0.5) is 14.6 Å². The molecule has 2 aliphatic heterocycles. The number of likely N-dealkylation sites (N-methyl/N-ethyl adjacent to an activating group) is 1. The second-order valence-corrected chi connectivity index (χ2v) is 10.5. The number of nitrogens with one attached hydrogen (secondary N) is 2. The van der Waals surface area contributed by atoms with E-state index in [2.05, 4.69) is 21.4 Å². The van der Waals surface area contributed by atoms with Crippen molar-refractivity contribution in [3.63, 3.8) is 0 Å². The molecule has 9 nitrogen and oxygen atoms in total. The summed E-state index contributed by atoms with van der Waals surface area (Å²) < 4.78 is 25.6. The fraction of sp³-hybridized carbons (Fsp3) is 0.393. The number of fused-ring (bicyclic) bond motifs is 3. The maximum absolute atomic E-state index is 13.2. The minimum Gasteiger partial charge on any atom is -0.358 e. The summed E-state index contributed by atoms with van der Waals surface area (Å²) >= 11 is 0. The van der Waals surface area contributed by atoms with Gasteiger partial charge < -0.3 is 20.1 Å². The van der Waals surface area contributed by atoms with Gasteiger partial charge in [0.1, 0.15) is 29.5 Å². The molecule has 1 aromatic carbocycles. The number of nitriles is 1. The van der Waals surface area contributed by atoms with Gasteiger partial charge in [0.15, 0.2) is 0 Å². The predicted molar refractivity (Wildman–Crippen MR) is 140 cm³/mol. The Hall–Kier alpha value is -4.33. The third-order valence-electron chi connectivity index (χ3n) is 7.20. The molecule has 0 radical (unpaired) electrons. The number of carbonyl (C=O) groups is 3. The van der Waals surface area contributed by atoms with Gasteiger partial charge in [-0.05, 0) is 37.5 Å². The van der Waals surface area contributed by atoms with Crippen LogP contribution in [0.2, 0.25) is 0 Å². The standard InChI is InChI=1S/C19H23N5O3.C9H7F2N/c1-12(2)7-15(23(3)11-25)17(26)24-10-19(8-13(24)9-20)14-5-4-6-21-16(14)22-18(19)27;1-5-2-7-8(11)3-6(10)4-9(7)12-5/h4-6,11-13,15H,7-8,10H2,1-3H3,(H,21,22,27);2-4,12H,1H3/t13?,15?,19-;/m0./s1. The molecule has 204 valence electrons. The van der Waals surface area contributed by atoms with Crippen LogP contribution in [0.3, 0.4) is 0 Å². The van der Waals surface area contributed by atoms with E-state index in [4.69, 9.17) is 0 Å². The monoisotopic (exact) mass is 536 g/mol. The van der Waals surface area contributed by atoms with Gasteiger partial charge in [0, 0.05) is 48.9 Å². The van der Waals surface area contributed by atoms with E-state index in [9.17, 15) is 28.4 Å². The number of H-pyrrole nitrogens is 1. The first-order valence-corrected chi connectivity index (χ1v) is 12.6. The van der Waals surface area contributed by atoms with Gasteiger partial charge in [-0.15, -0.1) is 0 Å². The maximum atomic E-state index is 13.2. The fourth-order valence-corrected chi connectivity index (χ4v) is 5.31. The predicted octanol–water partition coefficient (Wildman–Crippen LogP) is 3.65. The number of halogens is 2. The van der Waals surface area contributed by atoms with Crippen molar-refractivity contribution < 1.29 is 23.2 Å². The van der Waals surface area contributed by atoms with E-state index < -0.39 is 29.1 Å². The molecule has 2 aromatic heterocycles. The topological polar surface area (TPSA) is 122 Å². The van der Waals surface area contributed by atoms with Gasteiger partial charge in [-0.2, -0.15) is 5.26 Å². The SMILES string of the molecule is CC(C)CC(C(=O)N1C[C@]2(CC1C#N)C(=O)Nc1ncccc12)N(C)C=O.Cc1cc2c(F)cc(F)cc2[nH]1. The van der Waals surface area contributed by atoms with Gasteiger partial charge in [-0.1, -0.05) is 19.9 Å². The van der Waals surface area contributed by atoms with Crippen LogP contribution in [-0.4, -0.2) is 63.7 Å². The number of hydrogen-bond acceptors (Lipinski definition) is 5. The van der Waals surface area contributed by atoms with Crippen LogP contribution in [0.1, 0.15) is 37.9 Å². The molecule has 39 heavy (non-hydrogen) atoms. The lowest BCUT2D eigenvalue weighted by molar-refractivity contribution is -0.141. The first kappa shape index (κ1) is 27.7. The zero-order valence-corrected chi connectivity index (χ0v) is 22.2. The molecule has 0 aliphatic carbocycles. The van der Waals surface area contributed by atoms with Crippen molar-refractivity contribution in [1.82, 2.24) is 19.8 Å². The molecular formula is C28H30F2N6O3. The molecule has 3 amide bonds. The van der Waals surface area contributed by atoms with Crippen LogP contribution < -0.4 is 5.32 Å². The van der Waals surface area contributed by atoms with Crippen molar-refractivity contribution in [1.29, 1.82) is 5.26 Å². The molecule has 2 unspecified atom stereocenters. The molecule has 11 heteroatoms. The number of pyridine rings is 1. The second kappa shape index (κ2) is 10.8. The number of aromatic amines is 1. The number of hydrogen-bond donors (Lipinski definition) is 2. The Bertz CT molecular complexity index is 1470. The van der Waals surface area contributed by atoms with Crippen molar-refractivity contribution in [2.24, 2.45) is 5.92 Å². The number of aryl methyl sites for hydroxylation is 1. The third kappa shape index (κ3) is 5.19. The summed E-state index contributed by atoms with van der Waals surface area (Å²) in [6.45, 7) is 5.85. The Balaban J connectivity index is 0.000000243. The van der Waals surface area contributed by atoms with Gasteiger partial charge in [0.2, 0.25) is 18.2 Å². The van der Waals surface area contributed by atoms with Crippen LogP contribution >= 0.6 is 0 Å². The Morgan fingerprint density at radius 2 is 2.10 bits per heavy atom. The summed E-state index contributed by atoms with van der Waals surface area (Å²) in [4.78, 5) is 47.1. The van der Waals surface area contributed by atoms with Gasteiger partial charge in [0.05, 0.1) is 17.0 Å². The van der Waals surface area contributed by atoms with Crippen molar-refractivity contribution in [2.45, 2.75) is 51.1 Å².